The second-order valence-electron chi connectivity index (χ2n) is 7.17. The SMILES string of the molecule is NCC(NC(=O)c1cccc(NC(=O)NC2CC2)c1)C1CCCCC1. The Balaban J connectivity index is 1.58. The summed E-state index contributed by atoms with van der Waals surface area (Å²) in [5.41, 5.74) is 7.06. The molecule has 2 saturated carbocycles. The van der Waals surface area contributed by atoms with Crippen molar-refractivity contribution >= 4 is 17.6 Å². The number of hydrogen-bond donors (Lipinski definition) is 4. The van der Waals surface area contributed by atoms with Crippen LogP contribution in [-0.2, 0) is 0 Å². The first-order chi connectivity index (χ1) is 12.2. The summed E-state index contributed by atoms with van der Waals surface area (Å²) in [5, 5.41) is 8.74. The molecule has 2 fully saturated rings. The summed E-state index contributed by atoms with van der Waals surface area (Å²) in [6, 6.07) is 7.12. The number of benzene rings is 1. The van der Waals surface area contributed by atoms with Gasteiger partial charge in [-0.25, -0.2) is 4.79 Å². The minimum atomic E-state index is -0.220. The Hall–Kier alpha value is -2.08. The molecule has 0 radical (unpaired) electrons. The number of nitrogens with one attached hydrogen (secondary N) is 3. The zero-order valence-electron chi connectivity index (χ0n) is 14.6. The smallest absolute Gasteiger partial charge is 0.319 e. The van der Waals surface area contributed by atoms with Gasteiger partial charge in [0.2, 0.25) is 0 Å². The van der Waals surface area contributed by atoms with Crippen LogP contribution < -0.4 is 21.7 Å². The molecule has 6 heteroatoms. The summed E-state index contributed by atoms with van der Waals surface area (Å²) < 4.78 is 0. The molecule has 1 aromatic carbocycles. The molecule has 136 valence electrons. The average Bonchev–Trinajstić information content (AvgIpc) is 3.44. The van der Waals surface area contributed by atoms with Crippen LogP contribution in [0.2, 0.25) is 0 Å². The molecular weight excluding hydrogens is 316 g/mol. The molecule has 0 heterocycles. The van der Waals surface area contributed by atoms with Gasteiger partial charge < -0.3 is 21.7 Å². The molecular formula is C19H28N4O2. The summed E-state index contributed by atoms with van der Waals surface area (Å²) in [5.74, 6) is 0.334. The van der Waals surface area contributed by atoms with E-state index in [9.17, 15) is 9.59 Å². The average molecular weight is 344 g/mol. The van der Waals surface area contributed by atoms with Crippen LogP contribution in [0.3, 0.4) is 0 Å². The number of carbonyl (C=O) groups is 2. The number of hydrogen-bond acceptors (Lipinski definition) is 3. The van der Waals surface area contributed by atoms with E-state index in [4.69, 9.17) is 5.73 Å². The van der Waals surface area contributed by atoms with Crippen molar-refractivity contribution in [2.24, 2.45) is 11.7 Å². The highest BCUT2D eigenvalue weighted by Crippen LogP contribution is 2.26. The second kappa shape index (κ2) is 8.34. The van der Waals surface area contributed by atoms with Gasteiger partial charge in [-0.05, 0) is 49.8 Å². The Labute approximate surface area is 148 Å². The van der Waals surface area contributed by atoms with Gasteiger partial charge in [-0.1, -0.05) is 25.3 Å². The van der Waals surface area contributed by atoms with Gasteiger partial charge in [0.05, 0.1) is 0 Å². The molecule has 2 aliphatic carbocycles. The highest BCUT2D eigenvalue weighted by molar-refractivity contribution is 5.97. The van der Waals surface area contributed by atoms with E-state index >= 15 is 0 Å². The third kappa shape index (κ3) is 5.19. The predicted molar refractivity (Wildman–Crippen MR) is 98.5 cm³/mol. The molecule has 6 nitrogen and oxygen atoms in total. The Bertz CT molecular complexity index is 609. The van der Waals surface area contributed by atoms with Gasteiger partial charge in [0.25, 0.3) is 5.91 Å². The third-order valence-corrected chi connectivity index (χ3v) is 5.08. The van der Waals surface area contributed by atoms with Crippen LogP contribution >= 0.6 is 0 Å². The summed E-state index contributed by atoms with van der Waals surface area (Å²) in [7, 11) is 0. The molecule has 0 aliphatic heterocycles. The van der Waals surface area contributed by atoms with Crippen LogP contribution in [0, 0.1) is 5.92 Å². The van der Waals surface area contributed by atoms with Crippen molar-refractivity contribution < 1.29 is 9.59 Å². The van der Waals surface area contributed by atoms with E-state index < -0.39 is 0 Å². The largest absolute Gasteiger partial charge is 0.348 e. The molecule has 1 unspecified atom stereocenters. The molecule has 0 spiro atoms. The number of carbonyl (C=O) groups excluding carboxylic acids is 2. The summed E-state index contributed by atoms with van der Waals surface area (Å²) in [6.07, 6.45) is 8.04. The number of anilines is 1. The van der Waals surface area contributed by atoms with Gasteiger partial charge in [0.15, 0.2) is 0 Å². The van der Waals surface area contributed by atoms with Gasteiger partial charge >= 0.3 is 6.03 Å². The first-order valence-electron chi connectivity index (χ1n) is 9.34. The Morgan fingerprint density at radius 3 is 2.56 bits per heavy atom. The summed E-state index contributed by atoms with van der Waals surface area (Å²) >= 11 is 0. The van der Waals surface area contributed by atoms with Crippen LogP contribution in [0.4, 0.5) is 10.5 Å². The first-order valence-corrected chi connectivity index (χ1v) is 9.34. The van der Waals surface area contributed by atoms with Crippen LogP contribution in [-0.4, -0.2) is 30.6 Å². The highest BCUT2D eigenvalue weighted by Gasteiger charge is 2.25. The summed E-state index contributed by atoms with van der Waals surface area (Å²) in [6.45, 7) is 0.456. The maximum absolute atomic E-state index is 12.6. The van der Waals surface area contributed by atoms with E-state index in [0.717, 1.165) is 25.7 Å². The van der Waals surface area contributed by atoms with Crippen LogP contribution in [0.15, 0.2) is 24.3 Å². The van der Waals surface area contributed by atoms with E-state index in [1.165, 1.54) is 19.3 Å². The summed E-state index contributed by atoms with van der Waals surface area (Å²) in [4.78, 5) is 24.4. The molecule has 0 bridgehead atoms. The molecule has 2 aliphatic rings. The van der Waals surface area contributed by atoms with Crippen molar-refractivity contribution in [1.29, 1.82) is 0 Å². The Kier molecular flexibility index (Phi) is 5.91. The monoisotopic (exact) mass is 344 g/mol. The van der Waals surface area contributed by atoms with Crippen LogP contribution in [0.25, 0.3) is 0 Å². The fraction of sp³-hybridized carbons (Fsp3) is 0.579. The van der Waals surface area contributed by atoms with Crippen molar-refractivity contribution in [3.63, 3.8) is 0 Å². The van der Waals surface area contributed by atoms with Crippen molar-refractivity contribution in [3.8, 4) is 0 Å². The van der Waals surface area contributed by atoms with E-state index in [0.29, 0.717) is 29.8 Å². The zero-order chi connectivity index (χ0) is 17.6. The van der Waals surface area contributed by atoms with Crippen LogP contribution in [0.1, 0.15) is 55.3 Å². The number of nitrogens with two attached hydrogens (primary N) is 1. The zero-order valence-corrected chi connectivity index (χ0v) is 14.6. The molecule has 1 atom stereocenters. The fourth-order valence-electron chi connectivity index (χ4n) is 3.48. The normalized spacial score (nSPS) is 19.1. The van der Waals surface area contributed by atoms with Gasteiger partial charge in [-0.3, -0.25) is 4.79 Å². The Morgan fingerprint density at radius 1 is 1.12 bits per heavy atom. The first kappa shape index (κ1) is 17.7. The van der Waals surface area contributed by atoms with E-state index in [2.05, 4.69) is 16.0 Å². The standard InChI is InChI=1S/C19H28N4O2/c20-12-17(13-5-2-1-3-6-13)23-18(24)14-7-4-8-16(11-14)22-19(25)21-15-9-10-15/h4,7-8,11,13,15,17H,1-3,5-6,9-10,12,20H2,(H,23,24)(H2,21,22,25). The minimum absolute atomic E-state index is 0.0163. The lowest BCUT2D eigenvalue weighted by Crippen LogP contribution is -2.45. The molecule has 0 saturated heterocycles. The molecule has 0 aromatic heterocycles. The maximum Gasteiger partial charge on any atom is 0.319 e. The lowest BCUT2D eigenvalue weighted by atomic mass is 9.84. The van der Waals surface area contributed by atoms with Crippen molar-refractivity contribution in [2.45, 2.75) is 57.0 Å². The number of urea groups is 1. The lowest BCUT2D eigenvalue weighted by molar-refractivity contribution is 0.0915. The van der Waals surface area contributed by atoms with Crippen molar-refractivity contribution in [2.75, 3.05) is 11.9 Å². The number of amides is 3. The molecule has 5 N–H and O–H groups in total. The van der Waals surface area contributed by atoms with E-state index in [1.54, 1.807) is 24.3 Å². The second-order valence-corrected chi connectivity index (χ2v) is 7.17. The van der Waals surface area contributed by atoms with E-state index in [1.807, 2.05) is 0 Å². The number of rotatable bonds is 6. The third-order valence-electron chi connectivity index (χ3n) is 5.08. The predicted octanol–water partition coefficient (Wildman–Crippen LogP) is 2.61. The fourth-order valence-corrected chi connectivity index (χ4v) is 3.48. The topological polar surface area (TPSA) is 96.2 Å². The Morgan fingerprint density at radius 2 is 1.88 bits per heavy atom. The van der Waals surface area contributed by atoms with Crippen molar-refractivity contribution in [1.82, 2.24) is 10.6 Å². The van der Waals surface area contributed by atoms with Crippen molar-refractivity contribution in [3.05, 3.63) is 29.8 Å². The van der Waals surface area contributed by atoms with Gasteiger partial charge in [0.1, 0.15) is 0 Å². The van der Waals surface area contributed by atoms with E-state index in [-0.39, 0.29) is 18.0 Å². The molecule has 25 heavy (non-hydrogen) atoms. The minimum Gasteiger partial charge on any atom is -0.348 e. The highest BCUT2D eigenvalue weighted by atomic mass is 16.2. The van der Waals surface area contributed by atoms with Crippen LogP contribution in [0.5, 0.6) is 0 Å². The molecule has 3 rings (SSSR count). The molecule has 3 amide bonds. The maximum atomic E-state index is 12.6. The lowest BCUT2D eigenvalue weighted by Gasteiger charge is -2.30. The molecule has 1 aromatic rings. The van der Waals surface area contributed by atoms with Gasteiger partial charge in [-0.2, -0.15) is 0 Å². The van der Waals surface area contributed by atoms with Gasteiger partial charge in [-0.15, -0.1) is 0 Å². The van der Waals surface area contributed by atoms with Gasteiger partial charge in [0, 0.05) is 29.9 Å². The quantitative estimate of drug-likeness (QED) is 0.639.